The zero-order chi connectivity index (χ0) is 42.8. The molecule has 0 rings (SSSR count). The van der Waals surface area contributed by atoms with Crippen molar-refractivity contribution in [3.63, 3.8) is 0 Å². The van der Waals surface area contributed by atoms with Crippen LogP contribution in [0.25, 0.3) is 0 Å². The number of rotatable bonds is 28. The quantitative estimate of drug-likeness (QED) is 0.0879. The zero-order valence-electron chi connectivity index (χ0n) is 40.8. The molecule has 20 heteroatoms. The topological polar surface area (TPSA) is 166 Å². The predicted octanol–water partition coefficient (Wildman–Crippen LogP) is 6.23. The minimum Gasteiger partial charge on any atom is -0.585 e. The van der Waals surface area contributed by atoms with Gasteiger partial charge in [-0.15, -0.1) is 0 Å². The van der Waals surface area contributed by atoms with Crippen molar-refractivity contribution >= 4 is 46.9 Å². The maximum absolute atomic E-state index is 6.46. The molecule has 0 aromatic carbocycles. The van der Waals surface area contributed by atoms with Crippen LogP contribution < -0.4 is 35.7 Å². The van der Waals surface area contributed by atoms with Crippen LogP contribution in [0.3, 0.4) is 0 Å². The maximum atomic E-state index is 6.46. The molecule has 0 radical (unpaired) electrons. The van der Waals surface area contributed by atoms with Gasteiger partial charge >= 0.3 is 76.5 Å². The van der Waals surface area contributed by atoms with E-state index in [0.717, 1.165) is 0 Å². The monoisotopic (exact) mass is 892 g/mol. The van der Waals surface area contributed by atoms with Gasteiger partial charge in [-0.25, -0.2) is 0 Å². The molecule has 0 unspecified atom stereocenters. The minimum atomic E-state index is -4.00. The van der Waals surface area contributed by atoms with Crippen molar-refractivity contribution in [1.82, 2.24) is 6.15 Å². The number of hydrogen-bond acceptors (Lipinski definition) is 14. The largest absolute Gasteiger partial charge is 1.00 e. The van der Waals surface area contributed by atoms with Crippen LogP contribution >= 0.6 is 0 Å². The molecule has 0 saturated heterocycles. The Hall–Kier alpha value is 1.90. The fourth-order valence-corrected chi connectivity index (χ4v) is 18.5. The van der Waals surface area contributed by atoms with E-state index in [0.29, 0.717) is 0 Å². The summed E-state index contributed by atoms with van der Waals surface area (Å²) >= 11 is -8.00. The standard InChI is InChI=1S/2C9H21O4Si.6C3H7O.2Al.H3N.Na/c2*1-7(2)11-14(10,12-8(3)4)13-9(5)6;6*1-3(2)4;;;;/h2*7-9H,1-6H3;6*3H,1-2H3;;;1H3;/q8*-1;2*+3;;+1/p+1. The normalized spacial score (nSPS) is 13.5. The predicted molar refractivity (Wildman–Crippen MR) is 226 cm³/mol. The van der Waals surface area contributed by atoms with Gasteiger partial charge in [-0.1, -0.05) is 0 Å². The Morgan fingerprint density at radius 1 is 0.250 bits per heavy atom. The zero-order valence-corrected chi connectivity index (χ0v) is 47.1. The van der Waals surface area contributed by atoms with Crippen molar-refractivity contribution in [3.05, 3.63) is 0 Å². The molecule has 0 aromatic heterocycles. The number of hydrogen-bond donors (Lipinski definition) is 1. The fourth-order valence-electron chi connectivity index (χ4n) is 4.78. The Morgan fingerprint density at radius 2 is 0.375 bits per heavy atom. The third-order valence-corrected chi connectivity index (χ3v) is 19.9. The first-order chi connectivity index (χ1) is 24.4. The van der Waals surface area contributed by atoms with E-state index in [2.05, 4.69) is 0 Å². The second-order valence-corrected chi connectivity index (χ2v) is 25.7. The molecule has 0 aliphatic rings. The van der Waals surface area contributed by atoms with Gasteiger partial charge in [0, 0.05) is 36.6 Å². The molecule has 0 aliphatic heterocycles. The molecule has 0 aromatic rings. The van der Waals surface area contributed by atoms with Crippen molar-refractivity contribution in [2.24, 2.45) is 0 Å². The summed E-state index contributed by atoms with van der Waals surface area (Å²) in [4.78, 5) is 0. The van der Waals surface area contributed by atoms with Crippen molar-refractivity contribution in [3.8, 4) is 0 Å². The van der Waals surface area contributed by atoms with Gasteiger partial charge in [-0.2, -0.15) is 0 Å². The van der Waals surface area contributed by atoms with Crippen LogP contribution in [0.5, 0.6) is 0 Å². The van der Waals surface area contributed by atoms with Gasteiger partial charge in [0.05, 0.1) is 0 Å². The molecule has 0 heterocycles. The average Bonchev–Trinajstić information content (AvgIpc) is 2.82. The molecule has 15 nitrogen and oxygen atoms in total. The molecule has 0 atom stereocenters. The van der Waals surface area contributed by atoms with E-state index in [9.17, 15) is 0 Å². The summed E-state index contributed by atoms with van der Waals surface area (Å²) < 4.78 is 86.7. The van der Waals surface area contributed by atoms with Crippen molar-refractivity contribution in [2.45, 2.75) is 239 Å². The Balaban J connectivity index is -0.000000466. The van der Waals surface area contributed by atoms with Crippen LogP contribution in [0.2, 0.25) is 0 Å². The molecule has 0 spiro atoms. The van der Waals surface area contributed by atoms with Gasteiger partial charge in [0.25, 0.3) is 0 Å². The molecular formula is C36H88Al2NNaO14Si2. The summed E-state index contributed by atoms with van der Waals surface area (Å²) in [5.74, 6) is 0. The van der Waals surface area contributed by atoms with Crippen LogP contribution in [0.4, 0.5) is 0 Å². The molecule has 0 fully saturated rings. The third-order valence-electron chi connectivity index (χ3n) is 5.49. The molecule has 4 N–H and O–H groups in total. The summed E-state index contributed by atoms with van der Waals surface area (Å²) in [6, 6.07) is 0. The molecule has 56 heavy (non-hydrogen) atoms. The fraction of sp³-hybridized carbons (Fsp3) is 1.00. The summed E-state index contributed by atoms with van der Waals surface area (Å²) in [6.45, 7) is 46.1. The van der Waals surface area contributed by atoms with Crippen LogP contribution in [0.1, 0.15) is 166 Å². The van der Waals surface area contributed by atoms with Crippen molar-refractivity contribution in [2.75, 3.05) is 0 Å². The van der Waals surface area contributed by atoms with Crippen LogP contribution in [0, 0.1) is 0 Å². The van der Waals surface area contributed by atoms with E-state index in [4.69, 9.17) is 56.2 Å². The second kappa shape index (κ2) is 30.9. The van der Waals surface area contributed by atoms with Crippen LogP contribution in [-0.4, -0.2) is 120 Å². The van der Waals surface area contributed by atoms with Gasteiger partial charge in [0.1, 0.15) is 0 Å². The Morgan fingerprint density at radius 3 is 0.464 bits per heavy atom. The van der Waals surface area contributed by atoms with Crippen LogP contribution in [-0.2, 0) is 56.2 Å². The molecule has 0 bridgehead atoms. The summed E-state index contributed by atoms with van der Waals surface area (Å²) in [7, 11) is -7.24. The molecule has 336 valence electrons. The molecular weight excluding hydrogens is 804 g/mol. The van der Waals surface area contributed by atoms with E-state index in [-0.39, 0.29) is 109 Å². The average molecular weight is 892 g/mol. The molecule has 0 amide bonds. The third kappa shape index (κ3) is 30.8. The number of quaternary nitrogens is 1. The van der Waals surface area contributed by atoms with E-state index in [1.807, 2.05) is 166 Å². The first-order valence-electron chi connectivity index (χ1n) is 20.2. The molecule has 0 aliphatic carbocycles. The van der Waals surface area contributed by atoms with E-state index in [1.54, 1.807) is 0 Å². The van der Waals surface area contributed by atoms with Gasteiger partial charge in [-0.05, 0) is 203 Å². The first kappa shape index (κ1) is 64.5. The van der Waals surface area contributed by atoms with E-state index < -0.39 is 46.9 Å². The second-order valence-electron chi connectivity index (χ2n) is 16.5. The van der Waals surface area contributed by atoms with Crippen molar-refractivity contribution < 1.29 is 85.8 Å². The Labute approximate surface area is 375 Å². The minimum absolute atomic E-state index is 0. The van der Waals surface area contributed by atoms with Gasteiger partial charge in [0.2, 0.25) is 0 Å². The Bertz CT molecular complexity index is 717. The van der Waals surface area contributed by atoms with E-state index >= 15 is 0 Å². The van der Waals surface area contributed by atoms with Crippen molar-refractivity contribution in [1.29, 1.82) is 0 Å². The summed E-state index contributed by atoms with van der Waals surface area (Å²) in [6.07, 6.45) is -1.92. The van der Waals surface area contributed by atoms with Gasteiger partial charge < -0.3 is 62.4 Å². The maximum Gasteiger partial charge on any atom is 1.00 e. The molecule has 0 saturated carbocycles. The summed E-state index contributed by atoms with van der Waals surface area (Å²) in [5.41, 5.74) is 0. The van der Waals surface area contributed by atoms with E-state index in [1.165, 1.54) is 0 Å². The van der Waals surface area contributed by atoms with Crippen LogP contribution in [0.15, 0.2) is 0 Å². The SMILES string of the molecule is CC(C)[O][Al-]([O]C(C)C)([O]C(C)C)[O][Si](OC(C)C)(OC(C)C)OC(C)C.CC(C)[O][Al-]([O]C(C)C)([O]C(C)C)[O][Si](OC(C)C)(OC(C)C)OC(C)C.[NH4+].[Na+]. The summed E-state index contributed by atoms with van der Waals surface area (Å²) in [5, 5.41) is 0. The smallest absolute Gasteiger partial charge is 0.585 e. The first-order valence-corrected chi connectivity index (χ1v) is 27.2. The van der Waals surface area contributed by atoms with Gasteiger partial charge in [0.15, 0.2) is 0 Å². The van der Waals surface area contributed by atoms with Gasteiger partial charge in [-0.3, -0.25) is 0 Å². The Kier molecular flexibility index (Phi) is 35.6.